The maximum Gasteiger partial charge on any atom is 0.155 e. The molecule has 0 spiro atoms. The van der Waals surface area contributed by atoms with Crippen LogP contribution in [0, 0.1) is 0 Å². The molecule has 2 nitrogen and oxygen atoms in total. The lowest BCUT2D eigenvalue weighted by Gasteiger charge is -1.97. The van der Waals surface area contributed by atoms with Crippen LogP contribution in [0.1, 0.15) is 20.3 Å². The fourth-order valence-electron chi connectivity index (χ4n) is 0.710. The van der Waals surface area contributed by atoms with Crippen LogP contribution in [0.4, 0.5) is 0 Å². The van der Waals surface area contributed by atoms with Gasteiger partial charge in [-0.15, -0.1) is 0 Å². The third-order valence-corrected chi connectivity index (χ3v) is 1.32. The van der Waals surface area contributed by atoms with Gasteiger partial charge in [0.25, 0.3) is 0 Å². The average molecular weight is 154 g/mol. The Hall–Kier alpha value is -0.890. The molecular weight excluding hydrogens is 140 g/mol. The molecule has 0 amide bonds. The quantitative estimate of drug-likeness (QED) is 0.491. The first kappa shape index (κ1) is 10.1. The third kappa shape index (κ3) is 4.51. The van der Waals surface area contributed by atoms with E-state index in [1.165, 1.54) is 6.92 Å². The van der Waals surface area contributed by atoms with E-state index in [4.69, 9.17) is 5.11 Å². The van der Waals surface area contributed by atoms with E-state index in [2.05, 4.69) is 0 Å². The zero-order valence-electron chi connectivity index (χ0n) is 7.00. The Morgan fingerprint density at radius 1 is 1.55 bits per heavy atom. The van der Waals surface area contributed by atoms with Crippen molar-refractivity contribution in [2.45, 2.75) is 20.3 Å². The minimum Gasteiger partial charge on any atom is -0.396 e. The zero-order chi connectivity index (χ0) is 8.69. The molecule has 0 rings (SSSR count). The smallest absolute Gasteiger partial charge is 0.155 e. The van der Waals surface area contributed by atoms with Crippen LogP contribution in [0.15, 0.2) is 23.8 Å². The summed E-state index contributed by atoms with van der Waals surface area (Å²) in [5, 5.41) is 8.57. The first-order valence-electron chi connectivity index (χ1n) is 3.66. The molecule has 0 radical (unpaired) electrons. The topological polar surface area (TPSA) is 37.3 Å². The maximum absolute atomic E-state index is 10.8. The normalized spacial score (nSPS) is 12.5. The van der Waals surface area contributed by atoms with Gasteiger partial charge in [-0.1, -0.05) is 18.2 Å². The summed E-state index contributed by atoms with van der Waals surface area (Å²) in [6.45, 7) is 3.42. The maximum atomic E-state index is 10.8. The fraction of sp³-hybridized carbons (Fsp3) is 0.444. The minimum atomic E-state index is 0.0251. The van der Waals surface area contributed by atoms with Gasteiger partial charge >= 0.3 is 0 Å². The summed E-state index contributed by atoms with van der Waals surface area (Å²) in [5.41, 5.74) is 0.672. The zero-order valence-corrected chi connectivity index (χ0v) is 7.00. The third-order valence-electron chi connectivity index (χ3n) is 1.32. The van der Waals surface area contributed by atoms with Crippen molar-refractivity contribution >= 4 is 5.78 Å². The van der Waals surface area contributed by atoms with Crippen LogP contribution in [-0.2, 0) is 4.79 Å². The van der Waals surface area contributed by atoms with Gasteiger partial charge in [-0.2, -0.15) is 0 Å². The number of allylic oxidation sites excluding steroid dienone is 3. The predicted octanol–water partition coefficient (Wildman–Crippen LogP) is 1.46. The van der Waals surface area contributed by atoms with Crippen molar-refractivity contribution in [1.82, 2.24) is 0 Å². The molecule has 2 heteroatoms. The number of carbonyl (C=O) groups excluding carboxylic acids is 1. The van der Waals surface area contributed by atoms with Gasteiger partial charge in [-0.3, -0.25) is 4.79 Å². The van der Waals surface area contributed by atoms with E-state index < -0.39 is 0 Å². The lowest BCUT2D eigenvalue weighted by molar-refractivity contribution is -0.113. The molecule has 0 bridgehead atoms. The molecule has 0 saturated carbocycles. The number of rotatable bonds is 4. The summed E-state index contributed by atoms with van der Waals surface area (Å²) >= 11 is 0. The highest BCUT2D eigenvalue weighted by Gasteiger charge is 1.99. The molecule has 62 valence electrons. The van der Waals surface area contributed by atoms with Crippen LogP contribution < -0.4 is 0 Å². The number of ketones is 1. The van der Waals surface area contributed by atoms with Crippen LogP contribution in [0.25, 0.3) is 0 Å². The number of hydrogen-bond donors (Lipinski definition) is 1. The summed E-state index contributed by atoms with van der Waals surface area (Å²) in [5.74, 6) is 0.0251. The minimum absolute atomic E-state index is 0.0251. The Kier molecular flexibility index (Phi) is 5.39. The summed E-state index contributed by atoms with van der Waals surface area (Å²) in [4.78, 5) is 10.8. The van der Waals surface area contributed by atoms with E-state index in [9.17, 15) is 4.79 Å². The second-order valence-electron chi connectivity index (χ2n) is 2.25. The number of hydrogen-bond acceptors (Lipinski definition) is 2. The molecule has 11 heavy (non-hydrogen) atoms. The monoisotopic (exact) mass is 154 g/mol. The summed E-state index contributed by atoms with van der Waals surface area (Å²) in [6, 6.07) is 0. The lowest BCUT2D eigenvalue weighted by atomic mass is 10.1. The van der Waals surface area contributed by atoms with Crippen molar-refractivity contribution in [3.05, 3.63) is 23.8 Å². The molecule has 0 aliphatic rings. The largest absolute Gasteiger partial charge is 0.396 e. The lowest BCUT2D eigenvalue weighted by Crippen LogP contribution is -1.98. The molecule has 0 aromatic heterocycles. The molecule has 0 fully saturated rings. The SMILES string of the molecule is C/C=C\C=C(\CCO)C(C)=O. The van der Waals surface area contributed by atoms with Crippen LogP contribution in [0.5, 0.6) is 0 Å². The molecule has 0 atom stereocenters. The Balaban J connectivity index is 4.20. The van der Waals surface area contributed by atoms with E-state index in [0.29, 0.717) is 12.0 Å². The van der Waals surface area contributed by atoms with Crippen LogP contribution in [-0.4, -0.2) is 17.5 Å². The van der Waals surface area contributed by atoms with Gasteiger partial charge in [0.15, 0.2) is 5.78 Å². The molecule has 0 heterocycles. The molecule has 0 unspecified atom stereocenters. The van der Waals surface area contributed by atoms with Crippen molar-refractivity contribution in [3.63, 3.8) is 0 Å². The second kappa shape index (κ2) is 5.86. The van der Waals surface area contributed by atoms with Gasteiger partial charge in [0.2, 0.25) is 0 Å². The van der Waals surface area contributed by atoms with Crippen molar-refractivity contribution < 1.29 is 9.90 Å². The number of carbonyl (C=O) groups is 1. The molecule has 0 saturated heterocycles. The Bertz CT molecular complexity index is 178. The van der Waals surface area contributed by atoms with Crippen molar-refractivity contribution in [2.24, 2.45) is 0 Å². The number of Topliss-reactive ketones (excluding diaryl/α,β-unsaturated/α-hetero) is 1. The van der Waals surface area contributed by atoms with E-state index in [0.717, 1.165) is 0 Å². The number of aliphatic hydroxyl groups excluding tert-OH is 1. The van der Waals surface area contributed by atoms with Gasteiger partial charge in [-0.05, 0) is 25.8 Å². The van der Waals surface area contributed by atoms with Crippen molar-refractivity contribution in [2.75, 3.05) is 6.61 Å². The van der Waals surface area contributed by atoms with E-state index in [1.54, 1.807) is 12.2 Å². The predicted molar refractivity (Wildman–Crippen MR) is 45.3 cm³/mol. The van der Waals surface area contributed by atoms with E-state index >= 15 is 0 Å². The van der Waals surface area contributed by atoms with Gasteiger partial charge in [-0.25, -0.2) is 0 Å². The van der Waals surface area contributed by atoms with Crippen LogP contribution in [0.2, 0.25) is 0 Å². The molecule has 0 aliphatic carbocycles. The molecule has 0 aliphatic heterocycles. The van der Waals surface area contributed by atoms with Crippen molar-refractivity contribution in [3.8, 4) is 0 Å². The Morgan fingerprint density at radius 2 is 2.18 bits per heavy atom. The van der Waals surface area contributed by atoms with E-state index in [-0.39, 0.29) is 12.4 Å². The first-order chi connectivity index (χ1) is 5.22. The second-order valence-corrected chi connectivity index (χ2v) is 2.25. The molecule has 0 aromatic rings. The molecule has 0 aromatic carbocycles. The van der Waals surface area contributed by atoms with E-state index in [1.807, 2.05) is 13.0 Å². The standard InChI is InChI=1S/C9H14O2/c1-3-4-5-9(6-7-10)8(2)11/h3-5,10H,6-7H2,1-2H3/b4-3-,9-5-. The first-order valence-corrected chi connectivity index (χ1v) is 3.66. The van der Waals surface area contributed by atoms with Gasteiger partial charge < -0.3 is 5.11 Å². The van der Waals surface area contributed by atoms with Gasteiger partial charge in [0.1, 0.15) is 0 Å². The van der Waals surface area contributed by atoms with Gasteiger partial charge in [0.05, 0.1) is 0 Å². The van der Waals surface area contributed by atoms with Gasteiger partial charge in [0, 0.05) is 6.61 Å². The summed E-state index contributed by atoms with van der Waals surface area (Å²) in [7, 11) is 0. The molecule has 1 N–H and O–H groups in total. The van der Waals surface area contributed by atoms with Crippen LogP contribution >= 0.6 is 0 Å². The number of aliphatic hydroxyl groups is 1. The summed E-state index contributed by atoms with van der Waals surface area (Å²) < 4.78 is 0. The summed E-state index contributed by atoms with van der Waals surface area (Å²) in [6.07, 6.45) is 5.82. The van der Waals surface area contributed by atoms with Crippen LogP contribution in [0.3, 0.4) is 0 Å². The molecular formula is C9H14O2. The highest BCUT2D eigenvalue weighted by atomic mass is 16.3. The highest BCUT2D eigenvalue weighted by Crippen LogP contribution is 2.01. The fourth-order valence-corrected chi connectivity index (χ4v) is 0.710. The average Bonchev–Trinajstić information content (AvgIpc) is 1.97. The van der Waals surface area contributed by atoms with Crippen molar-refractivity contribution in [1.29, 1.82) is 0 Å². The highest BCUT2D eigenvalue weighted by molar-refractivity contribution is 5.93. The Morgan fingerprint density at radius 3 is 2.55 bits per heavy atom. The Labute approximate surface area is 67.2 Å².